The second kappa shape index (κ2) is 9.47. The van der Waals surface area contributed by atoms with Crippen molar-refractivity contribution in [3.8, 4) is 11.5 Å². The maximum Gasteiger partial charge on any atom is 0.341 e. The van der Waals surface area contributed by atoms with Gasteiger partial charge in [0.1, 0.15) is 11.3 Å². The predicted molar refractivity (Wildman–Crippen MR) is 109 cm³/mol. The molecule has 0 radical (unpaired) electrons. The van der Waals surface area contributed by atoms with Crippen molar-refractivity contribution < 1.29 is 38.2 Å². The standard InChI is InChI=1S/C20H17BrN2O8/c1-2-29-15-7-11(14(21)8-16(15)31-10-17(24)25)6-13-18(26)22-20(28)23(19(13)27)9-12-4-3-5-30-12/h3-8H,2,9-10H2,1H3,(H,24,25)(H,22,26,28)/b13-6+. The first-order valence-corrected chi connectivity index (χ1v) is 9.81. The normalized spacial score (nSPS) is 15.2. The molecule has 162 valence electrons. The van der Waals surface area contributed by atoms with Gasteiger partial charge in [-0.3, -0.25) is 19.8 Å². The summed E-state index contributed by atoms with van der Waals surface area (Å²) in [6, 6.07) is 5.32. The zero-order valence-corrected chi connectivity index (χ0v) is 17.8. The van der Waals surface area contributed by atoms with E-state index < -0.39 is 30.4 Å². The van der Waals surface area contributed by atoms with Crippen molar-refractivity contribution >= 4 is 45.8 Å². The number of rotatable bonds is 8. The number of aliphatic carboxylic acids is 1. The Morgan fingerprint density at radius 2 is 2.00 bits per heavy atom. The average molecular weight is 493 g/mol. The van der Waals surface area contributed by atoms with Crippen LogP contribution in [0.3, 0.4) is 0 Å². The van der Waals surface area contributed by atoms with Crippen LogP contribution in [0.5, 0.6) is 11.5 Å². The van der Waals surface area contributed by atoms with Gasteiger partial charge in [0.05, 0.1) is 19.4 Å². The van der Waals surface area contributed by atoms with E-state index in [-0.39, 0.29) is 30.2 Å². The van der Waals surface area contributed by atoms with Gasteiger partial charge >= 0.3 is 12.0 Å². The number of nitrogens with one attached hydrogen (secondary N) is 1. The van der Waals surface area contributed by atoms with Crippen LogP contribution in [0.4, 0.5) is 4.79 Å². The second-order valence-electron chi connectivity index (χ2n) is 6.22. The first-order chi connectivity index (χ1) is 14.8. The van der Waals surface area contributed by atoms with E-state index in [9.17, 15) is 19.2 Å². The minimum atomic E-state index is -1.16. The van der Waals surface area contributed by atoms with E-state index in [1.165, 1.54) is 24.5 Å². The molecule has 2 heterocycles. The molecule has 2 aromatic rings. The van der Waals surface area contributed by atoms with Crippen LogP contribution in [0, 0.1) is 0 Å². The molecule has 0 saturated carbocycles. The first kappa shape index (κ1) is 22.1. The Morgan fingerprint density at radius 1 is 1.26 bits per heavy atom. The van der Waals surface area contributed by atoms with Crippen LogP contribution in [0.15, 0.2) is 45.0 Å². The molecule has 0 bridgehead atoms. The lowest BCUT2D eigenvalue weighted by atomic mass is 10.1. The number of carbonyl (C=O) groups excluding carboxylic acids is 3. The maximum absolute atomic E-state index is 12.8. The lowest BCUT2D eigenvalue weighted by molar-refractivity contribution is -0.139. The third-order valence-electron chi connectivity index (χ3n) is 4.09. The highest BCUT2D eigenvalue weighted by atomic mass is 79.9. The van der Waals surface area contributed by atoms with Gasteiger partial charge in [-0.25, -0.2) is 9.59 Å². The SMILES string of the molecule is CCOc1cc(/C=C2\C(=O)NC(=O)N(Cc3ccco3)C2=O)c(Br)cc1OCC(=O)O. The summed E-state index contributed by atoms with van der Waals surface area (Å²) in [5.74, 6) is -2.02. The van der Waals surface area contributed by atoms with Crippen LogP contribution in [-0.2, 0) is 20.9 Å². The number of carboxylic acids is 1. The molecule has 0 spiro atoms. The molecular formula is C20H17BrN2O8. The molecule has 2 N–H and O–H groups in total. The fourth-order valence-corrected chi connectivity index (χ4v) is 3.17. The fraction of sp³-hybridized carbons (Fsp3) is 0.200. The molecule has 10 nitrogen and oxygen atoms in total. The average Bonchev–Trinajstić information content (AvgIpc) is 3.22. The molecule has 1 aromatic heterocycles. The van der Waals surface area contributed by atoms with Crippen LogP contribution >= 0.6 is 15.9 Å². The van der Waals surface area contributed by atoms with Crippen molar-refractivity contribution in [2.45, 2.75) is 13.5 Å². The van der Waals surface area contributed by atoms with Crippen molar-refractivity contribution in [2.75, 3.05) is 13.2 Å². The van der Waals surface area contributed by atoms with E-state index in [0.29, 0.717) is 15.8 Å². The van der Waals surface area contributed by atoms with E-state index in [4.69, 9.17) is 19.0 Å². The van der Waals surface area contributed by atoms with Gasteiger partial charge in [-0.15, -0.1) is 0 Å². The van der Waals surface area contributed by atoms with Gasteiger partial charge in [-0.2, -0.15) is 0 Å². The molecule has 0 aliphatic carbocycles. The zero-order chi connectivity index (χ0) is 22.5. The highest BCUT2D eigenvalue weighted by Gasteiger charge is 2.36. The van der Waals surface area contributed by atoms with Crippen molar-refractivity contribution in [1.82, 2.24) is 10.2 Å². The summed E-state index contributed by atoms with van der Waals surface area (Å²) in [6.07, 6.45) is 2.71. The van der Waals surface area contributed by atoms with E-state index in [1.54, 1.807) is 19.1 Å². The van der Waals surface area contributed by atoms with Gasteiger partial charge in [0.15, 0.2) is 18.1 Å². The van der Waals surface area contributed by atoms with Gasteiger partial charge in [0, 0.05) is 4.47 Å². The summed E-state index contributed by atoms with van der Waals surface area (Å²) >= 11 is 3.32. The minimum absolute atomic E-state index is 0.143. The smallest absolute Gasteiger partial charge is 0.341 e. The van der Waals surface area contributed by atoms with Gasteiger partial charge < -0.3 is 19.0 Å². The van der Waals surface area contributed by atoms with Crippen molar-refractivity contribution in [3.63, 3.8) is 0 Å². The third-order valence-corrected chi connectivity index (χ3v) is 4.78. The number of ether oxygens (including phenoxy) is 2. The Hall–Kier alpha value is -3.60. The van der Waals surface area contributed by atoms with E-state index in [1.807, 2.05) is 0 Å². The number of halogens is 1. The van der Waals surface area contributed by atoms with Crippen LogP contribution in [0.25, 0.3) is 6.08 Å². The Morgan fingerprint density at radius 3 is 2.65 bits per heavy atom. The lowest BCUT2D eigenvalue weighted by Gasteiger charge is -2.25. The number of carboxylic acid groups (broad SMARTS) is 1. The molecule has 3 rings (SSSR count). The highest BCUT2D eigenvalue weighted by Crippen LogP contribution is 2.35. The number of furan rings is 1. The molecule has 31 heavy (non-hydrogen) atoms. The number of amides is 4. The molecule has 1 aromatic carbocycles. The van der Waals surface area contributed by atoms with E-state index in [0.717, 1.165) is 4.90 Å². The van der Waals surface area contributed by atoms with Crippen molar-refractivity contribution in [1.29, 1.82) is 0 Å². The fourth-order valence-electron chi connectivity index (χ4n) is 2.73. The van der Waals surface area contributed by atoms with E-state index >= 15 is 0 Å². The predicted octanol–water partition coefficient (Wildman–Crippen LogP) is 2.57. The van der Waals surface area contributed by atoms with Crippen LogP contribution < -0.4 is 14.8 Å². The molecular weight excluding hydrogens is 476 g/mol. The highest BCUT2D eigenvalue weighted by molar-refractivity contribution is 9.10. The number of imide groups is 2. The molecule has 1 fully saturated rings. The summed E-state index contributed by atoms with van der Waals surface area (Å²) in [7, 11) is 0. The first-order valence-electron chi connectivity index (χ1n) is 9.02. The molecule has 1 aliphatic rings. The van der Waals surface area contributed by atoms with Gasteiger partial charge in [-0.1, -0.05) is 15.9 Å². The van der Waals surface area contributed by atoms with Crippen LogP contribution in [0.2, 0.25) is 0 Å². The summed E-state index contributed by atoms with van der Waals surface area (Å²) in [6.45, 7) is 1.29. The topological polar surface area (TPSA) is 135 Å². The Kier molecular flexibility index (Phi) is 6.75. The molecule has 11 heteroatoms. The van der Waals surface area contributed by atoms with Gasteiger partial charge in [0.2, 0.25) is 0 Å². The largest absolute Gasteiger partial charge is 0.490 e. The quantitative estimate of drug-likeness (QED) is 0.423. The third kappa shape index (κ3) is 5.12. The maximum atomic E-state index is 12.8. The minimum Gasteiger partial charge on any atom is -0.490 e. The van der Waals surface area contributed by atoms with Crippen molar-refractivity contribution in [2.24, 2.45) is 0 Å². The monoisotopic (exact) mass is 492 g/mol. The lowest BCUT2D eigenvalue weighted by Crippen LogP contribution is -2.53. The summed E-state index contributed by atoms with van der Waals surface area (Å²) < 4.78 is 16.3. The molecule has 0 unspecified atom stereocenters. The molecule has 1 aliphatic heterocycles. The van der Waals surface area contributed by atoms with E-state index in [2.05, 4.69) is 21.2 Å². The van der Waals surface area contributed by atoms with Crippen LogP contribution in [-0.4, -0.2) is 47.0 Å². The van der Waals surface area contributed by atoms with Gasteiger partial charge in [-0.05, 0) is 42.8 Å². The number of barbiturate groups is 1. The Bertz CT molecular complexity index is 1060. The number of carbonyl (C=O) groups is 4. The summed E-state index contributed by atoms with van der Waals surface area (Å²) in [4.78, 5) is 48.9. The Balaban J connectivity index is 1.95. The number of benzene rings is 1. The zero-order valence-electron chi connectivity index (χ0n) is 16.2. The number of nitrogens with zero attached hydrogens (tertiary/aromatic N) is 1. The number of hydrogen-bond acceptors (Lipinski definition) is 7. The second-order valence-corrected chi connectivity index (χ2v) is 7.08. The van der Waals surface area contributed by atoms with Crippen molar-refractivity contribution in [3.05, 3.63) is 51.9 Å². The van der Waals surface area contributed by atoms with Gasteiger partial charge in [0.25, 0.3) is 11.8 Å². The Labute approximate surface area is 184 Å². The molecule has 1 saturated heterocycles. The summed E-state index contributed by atoms with van der Waals surface area (Å²) in [5, 5.41) is 11.0. The molecule has 0 atom stereocenters. The number of hydrogen-bond donors (Lipinski definition) is 2. The van der Waals surface area contributed by atoms with Crippen LogP contribution in [0.1, 0.15) is 18.2 Å². The summed E-state index contributed by atoms with van der Waals surface area (Å²) in [5.41, 5.74) is 0.116. The number of urea groups is 1. The molecule has 4 amide bonds.